The van der Waals surface area contributed by atoms with Gasteiger partial charge in [-0.05, 0) is 68.5 Å². The molecule has 2 N–H and O–H groups in total. The molecule has 1 saturated heterocycles. The molecule has 0 saturated carbocycles. The third-order valence-corrected chi connectivity index (χ3v) is 5.17. The summed E-state index contributed by atoms with van der Waals surface area (Å²) >= 11 is 0. The van der Waals surface area contributed by atoms with E-state index < -0.39 is 5.60 Å². The molecule has 1 fully saturated rings. The first-order chi connectivity index (χ1) is 12.7. The van der Waals surface area contributed by atoms with Crippen molar-refractivity contribution >= 4 is 24.0 Å². The lowest BCUT2D eigenvalue weighted by Crippen LogP contribution is -2.51. The summed E-state index contributed by atoms with van der Waals surface area (Å²) in [7, 11) is 1.63. The second-order valence-corrected chi connectivity index (χ2v) is 6.94. The van der Waals surface area contributed by atoms with Gasteiger partial charge >= 0.3 is 0 Å². The Morgan fingerprint density at radius 1 is 1.04 bits per heavy atom. The number of carbonyl (C=O) groups excluding carboxylic acids is 1. The third-order valence-electron chi connectivity index (χ3n) is 5.17. The monoisotopic (exact) mass is 388 g/mol. The maximum atomic E-state index is 12.8. The molecule has 2 aromatic rings. The predicted octanol–water partition coefficient (Wildman–Crippen LogP) is 3.99. The highest BCUT2D eigenvalue weighted by Crippen LogP contribution is 2.25. The van der Waals surface area contributed by atoms with Crippen LogP contribution in [0.2, 0.25) is 0 Å². The average molecular weight is 389 g/mol. The van der Waals surface area contributed by atoms with Crippen LogP contribution in [0.25, 0.3) is 0 Å². The van der Waals surface area contributed by atoms with Crippen LogP contribution in [-0.4, -0.2) is 31.7 Å². The Morgan fingerprint density at radius 2 is 1.70 bits per heavy atom. The fourth-order valence-corrected chi connectivity index (χ4v) is 3.55. The minimum Gasteiger partial charge on any atom is -0.368 e. The highest BCUT2D eigenvalue weighted by atomic mass is 35.5. The molecule has 2 aromatic carbocycles. The first-order valence-corrected chi connectivity index (χ1v) is 9.42. The molecule has 146 valence electrons. The van der Waals surface area contributed by atoms with Gasteiger partial charge in [-0.3, -0.25) is 4.79 Å². The normalized spacial score (nSPS) is 15.6. The molecule has 0 spiro atoms. The number of nitrogens with one attached hydrogen (secondary N) is 2. The maximum absolute atomic E-state index is 12.8. The highest BCUT2D eigenvalue weighted by molar-refractivity contribution is 5.97. The number of ether oxygens (including phenoxy) is 1. The molecule has 27 heavy (non-hydrogen) atoms. The van der Waals surface area contributed by atoms with E-state index in [0.29, 0.717) is 12.8 Å². The molecule has 1 aliphatic heterocycles. The van der Waals surface area contributed by atoms with Gasteiger partial charge in [0, 0.05) is 12.8 Å². The summed E-state index contributed by atoms with van der Waals surface area (Å²) in [6.07, 6.45) is 4.56. The second-order valence-electron chi connectivity index (χ2n) is 6.94. The lowest BCUT2D eigenvalue weighted by molar-refractivity contribution is -0.140. The molecule has 0 aliphatic carbocycles. The van der Waals surface area contributed by atoms with Crippen molar-refractivity contribution in [2.24, 2.45) is 0 Å². The average Bonchev–Trinajstić information content (AvgIpc) is 2.69. The Labute approximate surface area is 168 Å². The lowest BCUT2D eigenvalue weighted by Gasteiger charge is -2.34. The van der Waals surface area contributed by atoms with Crippen molar-refractivity contribution in [1.82, 2.24) is 5.32 Å². The van der Waals surface area contributed by atoms with Crippen LogP contribution in [-0.2, 0) is 22.4 Å². The zero-order valence-corrected chi connectivity index (χ0v) is 16.7. The van der Waals surface area contributed by atoms with Gasteiger partial charge in [-0.2, -0.15) is 0 Å². The lowest BCUT2D eigenvalue weighted by atomic mass is 9.91. The van der Waals surface area contributed by atoms with E-state index in [4.69, 9.17) is 4.74 Å². The molecule has 4 nitrogen and oxygen atoms in total. The van der Waals surface area contributed by atoms with Crippen molar-refractivity contribution < 1.29 is 9.53 Å². The number of carbonyl (C=O) groups is 1. The third kappa shape index (κ3) is 5.80. The van der Waals surface area contributed by atoms with Crippen molar-refractivity contribution in [3.05, 3.63) is 65.7 Å². The van der Waals surface area contributed by atoms with Crippen LogP contribution in [0.3, 0.4) is 0 Å². The fourth-order valence-electron chi connectivity index (χ4n) is 3.55. The molecule has 1 heterocycles. The van der Waals surface area contributed by atoms with Crippen LogP contribution in [0.4, 0.5) is 5.69 Å². The predicted molar refractivity (Wildman–Crippen MR) is 113 cm³/mol. The Kier molecular flexibility index (Phi) is 8.29. The topological polar surface area (TPSA) is 50.4 Å². The summed E-state index contributed by atoms with van der Waals surface area (Å²) in [5.74, 6) is -0.0389. The summed E-state index contributed by atoms with van der Waals surface area (Å²) in [6.45, 7) is 1.61. The quantitative estimate of drug-likeness (QED) is 0.754. The van der Waals surface area contributed by atoms with Crippen LogP contribution in [0.1, 0.15) is 30.4 Å². The number of anilines is 1. The number of halogens is 1. The summed E-state index contributed by atoms with van der Waals surface area (Å²) in [5, 5.41) is 6.34. The summed E-state index contributed by atoms with van der Waals surface area (Å²) in [6, 6.07) is 18.7. The first-order valence-electron chi connectivity index (χ1n) is 9.42. The van der Waals surface area contributed by atoms with Crippen molar-refractivity contribution in [2.45, 2.75) is 37.7 Å². The van der Waals surface area contributed by atoms with Crippen molar-refractivity contribution in [3.63, 3.8) is 0 Å². The largest absolute Gasteiger partial charge is 0.368 e. The van der Waals surface area contributed by atoms with Crippen molar-refractivity contribution in [2.75, 3.05) is 25.5 Å². The number of methoxy groups -OCH3 is 1. The van der Waals surface area contributed by atoms with E-state index in [1.165, 1.54) is 11.1 Å². The number of amides is 1. The molecular weight excluding hydrogens is 360 g/mol. The molecule has 5 heteroatoms. The zero-order chi connectivity index (χ0) is 18.2. The van der Waals surface area contributed by atoms with Crippen molar-refractivity contribution in [1.29, 1.82) is 0 Å². The smallest absolute Gasteiger partial charge is 0.256 e. The van der Waals surface area contributed by atoms with Gasteiger partial charge < -0.3 is 15.4 Å². The van der Waals surface area contributed by atoms with Gasteiger partial charge in [-0.25, -0.2) is 0 Å². The molecule has 1 aliphatic rings. The number of piperidine rings is 1. The highest BCUT2D eigenvalue weighted by Gasteiger charge is 2.39. The maximum Gasteiger partial charge on any atom is 0.256 e. The van der Waals surface area contributed by atoms with E-state index in [9.17, 15) is 4.79 Å². The molecule has 0 aromatic heterocycles. The standard InChI is InChI=1S/C22H28N2O2.ClH/c1-26-22(13-15-23-16-14-22)21(25)24-20-12-6-11-19(17-20)10-5-9-18-7-3-2-4-8-18;/h2-4,6-8,11-12,17,23H,5,9-10,13-16H2,1H3,(H,24,25);1H. The van der Waals surface area contributed by atoms with Gasteiger partial charge in [0.2, 0.25) is 0 Å². The van der Waals surface area contributed by atoms with Gasteiger partial charge in [0.1, 0.15) is 5.60 Å². The van der Waals surface area contributed by atoms with E-state index in [2.05, 4.69) is 47.0 Å². The molecular formula is C22H29ClN2O2. The minimum absolute atomic E-state index is 0. The summed E-state index contributed by atoms with van der Waals surface area (Å²) in [4.78, 5) is 12.8. The molecule has 0 unspecified atom stereocenters. The Balaban J connectivity index is 0.00000261. The minimum atomic E-state index is -0.714. The van der Waals surface area contributed by atoms with Crippen LogP contribution < -0.4 is 10.6 Å². The van der Waals surface area contributed by atoms with Gasteiger partial charge in [0.15, 0.2) is 0 Å². The van der Waals surface area contributed by atoms with Gasteiger partial charge in [0.05, 0.1) is 0 Å². The Bertz CT molecular complexity index is 715. The first kappa shape index (κ1) is 21.4. The van der Waals surface area contributed by atoms with Crippen LogP contribution >= 0.6 is 12.4 Å². The number of rotatable bonds is 7. The fraction of sp³-hybridized carbons (Fsp3) is 0.409. The Morgan fingerprint density at radius 3 is 2.41 bits per heavy atom. The molecule has 3 rings (SSSR count). The second kappa shape index (κ2) is 10.5. The number of benzene rings is 2. The Hall–Kier alpha value is -1.88. The van der Waals surface area contributed by atoms with Crippen LogP contribution in [0.15, 0.2) is 54.6 Å². The van der Waals surface area contributed by atoms with E-state index >= 15 is 0 Å². The van der Waals surface area contributed by atoms with Gasteiger partial charge in [0.25, 0.3) is 5.91 Å². The zero-order valence-electron chi connectivity index (χ0n) is 15.9. The van der Waals surface area contributed by atoms with Crippen LogP contribution in [0.5, 0.6) is 0 Å². The number of hydrogen-bond donors (Lipinski definition) is 2. The van der Waals surface area contributed by atoms with Crippen molar-refractivity contribution in [3.8, 4) is 0 Å². The molecule has 1 amide bonds. The van der Waals surface area contributed by atoms with Crippen LogP contribution in [0, 0.1) is 0 Å². The van der Waals surface area contributed by atoms with Gasteiger partial charge in [-0.15, -0.1) is 12.4 Å². The SMILES string of the molecule is COC1(C(=O)Nc2cccc(CCCc3ccccc3)c2)CCNCC1.Cl. The number of aryl methyl sites for hydroxylation is 2. The molecule has 0 bridgehead atoms. The molecule has 0 radical (unpaired) electrons. The van der Waals surface area contributed by atoms with E-state index in [-0.39, 0.29) is 18.3 Å². The van der Waals surface area contributed by atoms with E-state index in [0.717, 1.165) is 38.0 Å². The summed E-state index contributed by atoms with van der Waals surface area (Å²) in [5.41, 5.74) is 2.75. The molecule has 0 atom stereocenters. The number of hydrogen-bond acceptors (Lipinski definition) is 3. The summed E-state index contributed by atoms with van der Waals surface area (Å²) < 4.78 is 5.60. The van der Waals surface area contributed by atoms with E-state index in [1.54, 1.807) is 7.11 Å². The van der Waals surface area contributed by atoms with Gasteiger partial charge in [-0.1, -0.05) is 42.5 Å². The van der Waals surface area contributed by atoms with E-state index in [1.807, 2.05) is 18.2 Å².